The van der Waals surface area contributed by atoms with E-state index in [0.29, 0.717) is 6.04 Å². The van der Waals surface area contributed by atoms with Crippen molar-refractivity contribution in [2.45, 2.75) is 52.1 Å². The Morgan fingerprint density at radius 3 is 2.80 bits per heavy atom. The van der Waals surface area contributed by atoms with Crippen LogP contribution in [-0.4, -0.2) is 4.98 Å². The molecular formula is C17H22N2S. The Hall–Kier alpha value is -1.19. The highest BCUT2D eigenvalue weighted by Crippen LogP contribution is 2.40. The van der Waals surface area contributed by atoms with Gasteiger partial charge in [-0.15, -0.1) is 11.3 Å². The number of aromatic nitrogens is 1. The number of nitrogens with one attached hydrogen (secondary N) is 1. The average molecular weight is 286 g/mol. The van der Waals surface area contributed by atoms with Gasteiger partial charge in [0.25, 0.3) is 0 Å². The number of nitrogens with zero attached hydrogens (tertiary/aromatic N) is 1. The van der Waals surface area contributed by atoms with Crippen molar-refractivity contribution in [3.05, 3.63) is 51.0 Å². The van der Waals surface area contributed by atoms with Crippen LogP contribution >= 0.6 is 11.3 Å². The van der Waals surface area contributed by atoms with Gasteiger partial charge in [-0.05, 0) is 50.7 Å². The second-order valence-electron chi connectivity index (χ2n) is 5.80. The molecule has 1 saturated carbocycles. The standard InChI is InChI=1S/C17H22N2S/c1-11(17-12(2)19-13(3)20-17)18-10-14-5-4-6-16(9-14)15-7-8-15/h4-6,9,11,15,18H,7-8,10H2,1-3H3. The summed E-state index contributed by atoms with van der Waals surface area (Å²) in [6.45, 7) is 7.33. The lowest BCUT2D eigenvalue weighted by Crippen LogP contribution is -2.18. The van der Waals surface area contributed by atoms with Crippen molar-refractivity contribution >= 4 is 11.3 Å². The Morgan fingerprint density at radius 2 is 2.15 bits per heavy atom. The molecule has 1 aliphatic rings. The summed E-state index contributed by atoms with van der Waals surface area (Å²) in [4.78, 5) is 5.87. The van der Waals surface area contributed by atoms with E-state index in [1.807, 2.05) is 0 Å². The van der Waals surface area contributed by atoms with Crippen molar-refractivity contribution in [3.63, 3.8) is 0 Å². The fourth-order valence-corrected chi connectivity index (χ4v) is 3.64. The minimum absolute atomic E-state index is 0.366. The molecule has 0 bridgehead atoms. The molecule has 1 N–H and O–H groups in total. The fraction of sp³-hybridized carbons (Fsp3) is 0.471. The smallest absolute Gasteiger partial charge is 0.0900 e. The molecule has 1 fully saturated rings. The van der Waals surface area contributed by atoms with Crippen LogP contribution in [0.3, 0.4) is 0 Å². The molecule has 1 atom stereocenters. The van der Waals surface area contributed by atoms with E-state index < -0.39 is 0 Å². The third-order valence-corrected chi connectivity index (χ3v) is 5.20. The lowest BCUT2D eigenvalue weighted by Gasteiger charge is -2.13. The van der Waals surface area contributed by atoms with E-state index in [2.05, 4.69) is 55.3 Å². The Morgan fingerprint density at radius 1 is 1.35 bits per heavy atom. The molecule has 3 rings (SSSR count). The Labute approximate surface area is 125 Å². The van der Waals surface area contributed by atoms with Crippen molar-refractivity contribution in [1.82, 2.24) is 10.3 Å². The summed E-state index contributed by atoms with van der Waals surface area (Å²) >= 11 is 1.80. The molecule has 0 radical (unpaired) electrons. The SMILES string of the molecule is Cc1nc(C)c(C(C)NCc2cccc(C3CC3)c2)s1. The zero-order valence-corrected chi connectivity index (χ0v) is 13.3. The van der Waals surface area contributed by atoms with Gasteiger partial charge in [-0.3, -0.25) is 0 Å². The predicted molar refractivity (Wildman–Crippen MR) is 85.3 cm³/mol. The molecule has 1 aromatic carbocycles. The van der Waals surface area contributed by atoms with E-state index in [-0.39, 0.29) is 0 Å². The van der Waals surface area contributed by atoms with Crippen LogP contribution in [0.1, 0.15) is 58.4 Å². The largest absolute Gasteiger partial charge is 0.305 e. The normalized spacial score (nSPS) is 16.4. The molecule has 0 spiro atoms. The monoisotopic (exact) mass is 286 g/mol. The van der Waals surface area contributed by atoms with Crippen molar-refractivity contribution in [1.29, 1.82) is 0 Å². The molecule has 106 valence electrons. The lowest BCUT2D eigenvalue weighted by atomic mass is 10.1. The van der Waals surface area contributed by atoms with Crippen molar-refractivity contribution in [3.8, 4) is 0 Å². The number of benzene rings is 1. The maximum absolute atomic E-state index is 4.51. The Kier molecular flexibility index (Phi) is 3.90. The van der Waals surface area contributed by atoms with Gasteiger partial charge in [-0.25, -0.2) is 4.98 Å². The van der Waals surface area contributed by atoms with E-state index in [9.17, 15) is 0 Å². The van der Waals surface area contributed by atoms with E-state index in [4.69, 9.17) is 0 Å². The Balaban J connectivity index is 1.64. The summed E-state index contributed by atoms with van der Waals surface area (Å²) in [5, 5.41) is 4.78. The predicted octanol–water partition coefficient (Wildman–Crippen LogP) is 4.49. The van der Waals surface area contributed by atoms with E-state index in [0.717, 1.165) is 17.5 Å². The molecule has 0 saturated heterocycles. The topological polar surface area (TPSA) is 24.9 Å². The maximum atomic E-state index is 4.51. The van der Waals surface area contributed by atoms with Crippen LogP contribution in [0.4, 0.5) is 0 Å². The number of rotatable bonds is 5. The van der Waals surface area contributed by atoms with Gasteiger partial charge in [0.1, 0.15) is 0 Å². The number of thiazole rings is 1. The van der Waals surface area contributed by atoms with E-state index in [1.165, 1.54) is 34.5 Å². The highest BCUT2D eigenvalue weighted by molar-refractivity contribution is 7.11. The molecule has 2 aromatic rings. The van der Waals surface area contributed by atoms with Gasteiger partial charge < -0.3 is 5.32 Å². The molecule has 1 aromatic heterocycles. The number of aryl methyl sites for hydroxylation is 2. The minimum Gasteiger partial charge on any atom is -0.305 e. The van der Waals surface area contributed by atoms with Crippen LogP contribution in [0.25, 0.3) is 0 Å². The average Bonchev–Trinajstić information content (AvgIpc) is 3.22. The molecule has 0 aliphatic heterocycles. The highest BCUT2D eigenvalue weighted by Gasteiger charge is 2.23. The van der Waals surface area contributed by atoms with Crippen LogP contribution < -0.4 is 5.32 Å². The summed E-state index contributed by atoms with van der Waals surface area (Å²) in [7, 11) is 0. The molecule has 1 aliphatic carbocycles. The van der Waals surface area contributed by atoms with Crippen LogP contribution in [0.5, 0.6) is 0 Å². The first-order valence-electron chi connectivity index (χ1n) is 7.39. The molecule has 1 unspecified atom stereocenters. The molecular weight excluding hydrogens is 264 g/mol. The summed E-state index contributed by atoms with van der Waals surface area (Å²) in [6.07, 6.45) is 2.74. The quantitative estimate of drug-likeness (QED) is 0.876. The minimum atomic E-state index is 0.366. The van der Waals surface area contributed by atoms with Crippen LogP contribution in [0, 0.1) is 13.8 Å². The highest BCUT2D eigenvalue weighted by atomic mass is 32.1. The fourth-order valence-electron chi connectivity index (χ4n) is 2.69. The Bertz CT molecular complexity index is 599. The van der Waals surface area contributed by atoms with Crippen LogP contribution in [-0.2, 0) is 6.54 Å². The summed E-state index contributed by atoms with van der Waals surface area (Å²) in [5.41, 5.74) is 4.07. The lowest BCUT2D eigenvalue weighted by molar-refractivity contribution is 0.579. The van der Waals surface area contributed by atoms with Gasteiger partial charge in [0.2, 0.25) is 0 Å². The molecule has 3 heteroatoms. The summed E-state index contributed by atoms with van der Waals surface area (Å²) < 4.78 is 0. The molecule has 1 heterocycles. The number of hydrogen-bond acceptors (Lipinski definition) is 3. The van der Waals surface area contributed by atoms with Gasteiger partial charge in [0.05, 0.1) is 10.7 Å². The first kappa shape index (κ1) is 13.8. The van der Waals surface area contributed by atoms with Crippen LogP contribution in [0.15, 0.2) is 24.3 Å². The van der Waals surface area contributed by atoms with Crippen LogP contribution in [0.2, 0.25) is 0 Å². The zero-order valence-electron chi connectivity index (χ0n) is 12.4. The maximum Gasteiger partial charge on any atom is 0.0900 e. The van der Waals surface area contributed by atoms with E-state index >= 15 is 0 Å². The summed E-state index contributed by atoms with van der Waals surface area (Å²) in [6, 6.07) is 9.41. The van der Waals surface area contributed by atoms with Crippen molar-refractivity contribution in [2.75, 3.05) is 0 Å². The molecule has 20 heavy (non-hydrogen) atoms. The van der Waals surface area contributed by atoms with Gasteiger partial charge in [0.15, 0.2) is 0 Å². The van der Waals surface area contributed by atoms with Gasteiger partial charge in [-0.2, -0.15) is 0 Å². The van der Waals surface area contributed by atoms with E-state index in [1.54, 1.807) is 11.3 Å². The number of hydrogen-bond donors (Lipinski definition) is 1. The zero-order chi connectivity index (χ0) is 14.1. The third kappa shape index (κ3) is 3.10. The third-order valence-electron chi connectivity index (χ3n) is 3.94. The van der Waals surface area contributed by atoms with Gasteiger partial charge >= 0.3 is 0 Å². The first-order chi connectivity index (χ1) is 9.63. The molecule has 2 nitrogen and oxygen atoms in total. The molecule has 0 amide bonds. The first-order valence-corrected chi connectivity index (χ1v) is 8.21. The van der Waals surface area contributed by atoms with Crippen molar-refractivity contribution in [2.24, 2.45) is 0 Å². The van der Waals surface area contributed by atoms with Gasteiger partial charge in [0, 0.05) is 17.5 Å². The second-order valence-corrected chi connectivity index (χ2v) is 7.04. The summed E-state index contributed by atoms with van der Waals surface area (Å²) in [5.74, 6) is 0.832. The van der Waals surface area contributed by atoms with Crippen molar-refractivity contribution < 1.29 is 0 Å². The van der Waals surface area contributed by atoms with Gasteiger partial charge in [-0.1, -0.05) is 24.3 Å². The second kappa shape index (κ2) is 5.66.